The molecule has 0 bridgehead atoms. The maximum absolute atomic E-state index is 14.2. The smallest absolute Gasteiger partial charge is 0.435 e. The number of nitrogen functional groups attached to an aromatic ring is 1. The Morgan fingerprint density at radius 1 is 1.17 bits per heavy atom. The normalized spacial score (nSPS) is 14.3. The van der Waals surface area contributed by atoms with Crippen molar-refractivity contribution in [2.45, 2.75) is 27.1 Å². The fourth-order valence-corrected chi connectivity index (χ4v) is 4.47. The van der Waals surface area contributed by atoms with Crippen molar-refractivity contribution in [2.75, 3.05) is 55.8 Å². The zero-order valence-electron chi connectivity index (χ0n) is 23.5. The Morgan fingerprint density at radius 2 is 1.88 bits per heavy atom. The molecule has 3 N–H and O–H groups in total. The fraction of sp³-hybridized carbons (Fsp3) is 0.370. The molecule has 1 saturated heterocycles. The number of nitrogens with zero attached hydrogens (tertiary/aromatic N) is 5. The maximum atomic E-state index is 14.2. The number of likely N-dealkylation sites (N-methyl/N-ethyl adjacent to an activating group) is 1. The van der Waals surface area contributed by atoms with E-state index in [4.69, 9.17) is 26.8 Å². The average molecular weight is 604 g/mol. The van der Waals surface area contributed by atoms with E-state index in [1.165, 1.54) is 30.8 Å². The predicted molar refractivity (Wildman–Crippen MR) is 153 cm³/mol. The minimum Gasteiger partial charge on any atom is -0.435 e. The third-order valence-electron chi connectivity index (χ3n) is 6.53. The lowest BCUT2D eigenvalue weighted by Crippen LogP contribution is -2.44. The molecule has 4 rings (SSSR count). The van der Waals surface area contributed by atoms with Crippen molar-refractivity contribution in [1.82, 2.24) is 19.9 Å². The van der Waals surface area contributed by atoms with Crippen LogP contribution in [-0.4, -0.2) is 84.0 Å². The molecule has 0 radical (unpaired) electrons. The van der Waals surface area contributed by atoms with Crippen LogP contribution in [0.5, 0.6) is 0 Å². The molecule has 42 heavy (non-hydrogen) atoms. The SMILES string of the molecule is CCOC(=O)OC(C)OC(=O)c1cn(-c2ccc(N3CCN(C)CC3)c(NC(=O)c3cc(N)c(F)c(C)c3Cl)c2)nn1. The highest BCUT2D eigenvalue weighted by atomic mass is 35.5. The molecule has 2 aromatic carbocycles. The lowest BCUT2D eigenvalue weighted by atomic mass is 10.1. The fourth-order valence-electron chi connectivity index (χ4n) is 4.25. The van der Waals surface area contributed by atoms with Gasteiger partial charge in [-0.15, -0.1) is 5.10 Å². The molecule has 1 aliphatic rings. The van der Waals surface area contributed by atoms with E-state index in [2.05, 4.69) is 30.2 Å². The first kappa shape index (κ1) is 30.5. The number of hydrogen-bond donors (Lipinski definition) is 2. The summed E-state index contributed by atoms with van der Waals surface area (Å²) in [4.78, 5) is 41.6. The second kappa shape index (κ2) is 13.0. The number of hydrogen-bond acceptors (Lipinski definition) is 11. The van der Waals surface area contributed by atoms with Crippen LogP contribution in [0.3, 0.4) is 0 Å². The van der Waals surface area contributed by atoms with E-state index in [-0.39, 0.29) is 34.1 Å². The Labute approximate surface area is 246 Å². The van der Waals surface area contributed by atoms with E-state index in [0.717, 1.165) is 18.8 Å². The number of anilines is 3. The zero-order valence-corrected chi connectivity index (χ0v) is 24.3. The molecule has 1 atom stereocenters. The Hall–Kier alpha value is -4.43. The predicted octanol–water partition coefficient (Wildman–Crippen LogP) is 3.63. The van der Waals surface area contributed by atoms with Crippen LogP contribution < -0.4 is 16.0 Å². The van der Waals surface area contributed by atoms with Crippen LogP contribution in [0.1, 0.15) is 40.3 Å². The molecule has 1 fully saturated rings. The summed E-state index contributed by atoms with van der Waals surface area (Å²) >= 11 is 6.30. The first-order valence-electron chi connectivity index (χ1n) is 13.1. The molecular formula is C27H31ClFN7O6. The number of nitrogens with one attached hydrogen (secondary N) is 1. The summed E-state index contributed by atoms with van der Waals surface area (Å²) in [7, 11) is 2.03. The van der Waals surface area contributed by atoms with Gasteiger partial charge in [0.05, 0.1) is 46.1 Å². The highest BCUT2D eigenvalue weighted by Gasteiger charge is 2.23. The number of halogens is 2. The molecule has 1 unspecified atom stereocenters. The van der Waals surface area contributed by atoms with Crippen LogP contribution in [0.2, 0.25) is 5.02 Å². The monoisotopic (exact) mass is 603 g/mol. The molecule has 13 nitrogen and oxygen atoms in total. The number of benzene rings is 2. The van der Waals surface area contributed by atoms with Crippen molar-refractivity contribution in [3.05, 3.63) is 58.1 Å². The van der Waals surface area contributed by atoms with Gasteiger partial charge in [-0.05, 0) is 45.2 Å². The summed E-state index contributed by atoms with van der Waals surface area (Å²) in [6, 6.07) is 6.43. The first-order valence-corrected chi connectivity index (χ1v) is 13.5. The molecule has 3 aromatic rings. The van der Waals surface area contributed by atoms with Gasteiger partial charge in [0.15, 0.2) is 11.5 Å². The van der Waals surface area contributed by atoms with Crippen LogP contribution in [0.25, 0.3) is 5.69 Å². The average Bonchev–Trinajstić information content (AvgIpc) is 3.45. The Balaban J connectivity index is 1.61. The Bertz CT molecular complexity index is 1490. The zero-order chi connectivity index (χ0) is 30.6. The number of amides is 1. The standard InChI is InChI=1S/C27H31ClFN7O6/c1-5-40-27(39)42-16(3)41-26(38)21-14-36(33-32-21)17-6-7-22(35-10-8-34(4)9-11-35)20(12-17)31-25(37)18-13-19(30)24(29)15(2)23(18)28/h6-7,12-14,16H,5,8-11,30H2,1-4H3,(H,31,37). The van der Waals surface area contributed by atoms with Gasteiger partial charge in [-0.3, -0.25) is 4.79 Å². The number of carbonyl (C=O) groups is 3. The highest BCUT2D eigenvalue weighted by molar-refractivity contribution is 6.35. The van der Waals surface area contributed by atoms with Gasteiger partial charge in [-0.2, -0.15) is 0 Å². The topological polar surface area (TPSA) is 154 Å². The minimum atomic E-state index is -1.22. The Kier molecular flexibility index (Phi) is 9.48. The molecular weight excluding hydrogens is 573 g/mol. The number of carbonyl (C=O) groups excluding carboxylic acids is 3. The summed E-state index contributed by atoms with van der Waals surface area (Å²) in [6.45, 7) is 7.59. The number of aromatic nitrogens is 3. The second-order valence-electron chi connectivity index (χ2n) is 9.53. The van der Waals surface area contributed by atoms with Gasteiger partial charge in [0, 0.05) is 38.7 Å². The molecule has 1 aromatic heterocycles. The van der Waals surface area contributed by atoms with E-state index in [9.17, 15) is 18.8 Å². The summed E-state index contributed by atoms with van der Waals surface area (Å²) in [5.74, 6) is -2.14. The van der Waals surface area contributed by atoms with E-state index in [1.54, 1.807) is 19.1 Å². The van der Waals surface area contributed by atoms with Crippen molar-refractivity contribution in [3.8, 4) is 5.69 Å². The molecule has 1 amide bonds. The quantitative estimate of drug-likeness (QED) is 0.220. The van der Waals surface area contributed by atoms with E-state index in [1.807, 2.05) is 13.1 Å². The van der Waals surface area contributed by atoms with Gasteiger partial charge < -0.3 is 35.1 Å². The van der Waals surface area contributed by atoms with Crippen LogP contribution in [0, 0.1) is 12.7 Å². The summed E-state index contributed by atoms with van der Waals surface area (Å²) in [5.41, 5.74) is 7.14. The van der Waals surface area contributed by atoms with Crippen molar-refractivity contribution in [3.63, 3.8) is 0 Å². The van der Waals surface area contributed by atoms with E-state index < -0.39 is 30.1 Å². The molecule has 224 valence electrons. The van der Waals surface area contributed by atoms with Crippen LogP contribution >= 0.6 is 11.6 Å². The minimum absolute atomic E-state index is 0.0211. The second-order valence-corrected chi connectivity index (χ2v) is 9.91. The molecule has 1 aliphatic heterocycles. The molecule has 15 heteroatoms. The first-order chi connectivity index (χ1) is 20.0. The molecule has 0 saturated carbocycles. The summed E-state index contributed by atoms with van der Waals surface area (Å²) in [6.07, 6.45) is -0.866. The third kappa shape index (κ3) is 6.89. The van der Waals surface area contributed by atoms with Gasteiger partial charge >= 0.3 is 12.1 Å². The van der Waals surface area contributed by atoms with E-state index >= 15 is 0 Å². The van der Waals surface area contributed by atoms with Gasteiger partial charge in [0.1, 0.15) is 0 Å². The largest absolute Gasteiger partial charge is 0.511 e. The van der Waals surface area contributed by atoms with E-state index in [0.29, 0.717) is 24.5 Å². The number of rotatable bonds is 8. The third-order valence-corrected chi connectivity index (χ3v) is 7.02. The van der Waals surface area contributed by atoms with Crippen molar-refractivity contribution in [1.29, 1.82) is 0 Å². The molecule has 0 spiro atoms. The van der Waals surface area contributed by atoms with Gasteiger partial charge in [-0.25, -0.2) is 18.7 Å². The summed E-state index contributed by atoms with van der Waals surface area (Å²) < 4.78 is 30.1. The van der Waals surface area contributed by atoms with Crippen LogP contribution in [0.15, 0.2) is 30.5 Å². The van der Waals surface area contributed by atoms with Crippen molar-refractivity contribution < 1.29 is 33.0 Å². The van der Waals surface area contributed by atoms with Gasteiger partial charge in [-0.1, -0.05) is 16.8 Å². The maximum Gasteiger partial charge on any atom is 0.511 e. The van der Waals surface area contributed by atoms with Crippen molar-refractivity contribution in [2.24, 2.45) is 0 Å². The molecule has 2 heterocycles. The van der Waals surface area contributed by atoms with Gasteiger partial charge in [0.25, 0.3) is 5.91 Å². The van der Waals surface area contributed by atoms with Gasteiger partial charge in [0.2, 0.25) is 6.29 Å². The molecule has 0 aliphatic carbocycles. The lowest BCUT2D eigenvalue weighted by Gasteiger charge is -2.35. The number of piperazine rings is 1. The van der Waals surface area contributed by atoms with Crippen LogP contribution in [-0.2, 0) is 14.2 Å². The number of nitrogens with two attached hydrogens (primary N) is 1. The Morgan fingerprint density at radius 3 is 2.57 bits per heavy atom. The highest BCUT2D eigenvalue weighted by Crippen LogP contribution is 2.32. The van der Waals surface area contributed by atoms with Crippen molar-refractivity contribution >= 4 is 46.7 Å². The number of esters is 1. The van der Waals surface area contributed by atoms with Crippen LogP contribution in [0.4, 0.5) is 26.2 Å². The number of ether oxygens (including phenoxy) is 3. The summed E-state index contributed by atoms with van der Waals surface area (Å²) in [5, 5.41) is 10.7. The lowest BCUT2D eigenvalue weighted by molar-refractivity contribution is -0.0814.